The molecule has 3 heterocycles. The monoisotopic (exact) mass is 402 g/mol. The van der Waals surface area contributed by atoms with E-state index in [1.807, 2.05) is 18.2 Å². The van der Waals surface area contributed by atoms with Crippen molar-refractivity contribution in [1.82, 2.24) is 9.21 Å². The number of sulfonamides is 1. The van der Waals surface area contributed by atoms with Crippen LogP contribution in [0, 0.1) is 0 Å². The first-order valence-corrected chi connectivity index (χ1v) is 12.0. The van der Waals surface area contributed by atoms with E-state index < -0.39 is 25.1 Å². The van der Waals surface area contributed by atoms with Crippen molar-refractivity contribution < 1.29 is 26.3 Å². The number of rotatable bonds is 4. The molecule has 4 rings (SSSR count). The molecule has 2 fully saturated rings. The number of benzene rings is 1. The second kappa shape index (κ2) is 6.66. The average molecular weight is 402 g/mol. The number of hydrogen-bond donors (Lipinski definition) is 0. The molecule has 1 aromatic carbocycles. The maximum Gasteiger partial charge on any atom is 0.231 e. The number of fused-ring (bicyclic) bond motifs is 1. The Hall–Kier alpha value is -1.36. The molecule has 8 nitrogen and oxygen atoms in total. The molecule has 0 spiro atoms. The van der Waals surface area contributed by atoms with Crippen molar-refractivity contribution in [3.8, 4) is 11.5 Å². The summed E-state index contributed by atoms with van der Waals surface area (Å²) >= 11 is 0. The summed E-state index contributed by atoms with van der Waals surface area (Å²) in [5, 5.41) is -0.784. The van der Waals surface area contributed by atoms with Gasteiger partial charge in [-0.05, 0) is 24.1 Å². The highest BCUT2D eigenvalue weighted by atomic mass is 32.2. The molecular formula is C16H22N2O6S2. The smallest absolute Gasteiger partial charge is 0.231 e. The Kier molecular flexibility index (Phi) is 4.62. The number of nitrogens with zero attached hydrogens (tertiary/aromatic N) is 2. The molecule has 3 aliphatic heterocycles. The summed E-state index contributed by atoms with van der Waals surface area (Å²) in [6, 6.07) is 5.83. The van der Waals surface area contributed by atoms with Gasteiger partial charge >= 0.3 is 0 Å². The van der Waals surface area contributed by atoms with Crippen LogP contribution in [-0.4, -0.2) is 75.8 Å². The van der Waals surface area contributed by atoms with Crippen LogP contribution in [0.15, 0.2) is 18.2 Å². The van der Waals surface area contributed by atoms with Crippen LogP contribution in [0.3, 0.4) is 0 Å². The van der Waals surface area contributed by atoms with E-state index in [4.69, 9.17) is 9.47 Å². The highest BCUT2D eigenvalue weighted by Gasteiger charge is 2.41. The van der Waals surface area contributed by atoms with E-state index in [1.54, 1.807) is 0 Å². The van der Waals surface area contributed by atoms with Crippen LogP contribution in [0.1, 0.15) is 12.0 Å². The van der Waals surface area contributed by atoms with Gasteiger partial charge in [0.15, 0.2) is 21.3 Å². The van der Waals surface area contributed by atoms with Crippen LogP contribution < -0.4 is 9.47 Å². The highest BCUT2D eigenvalue weighted by Crippen LogP contribution is 2.33. The Morgan fingerprint density at radius 3 is 2.50 bits per heavy atom. The summed E-state index contributed by atoms with van der Waals surface area (Å²) in [5.74, 6) is 1.22. The van der Waals surface area contributed by atoms with E-state index >= 15 is 0 Å². The standard InChI is InChI=1S/C16H22N2O6S2/c19-25(20)8-3-14(11-25)26(21,22)18-6-4-17(5-7-18)10-13-1-2-15-16(9-13)24-12-23-15/h1-2,9,14H,3-8,10-12H2/t14-/m1/s1. The zero-order chi connectivity index (χ0) is 18.4. The number of hydrogen-bond acceptors (Lipinski definition) is 7. The van der Waals surface area contributed by atoms with E-state index in [2.05, 4.69) is 4.90 Å². The molecule has 0 aromatic heterocycles. The Labute approximate surface area is 153 Å². The van der Waals surface area contributed by atoms with Crippen molar-refractivity contribution in [2.75, 3.05) is 44.5 Å². The molecule has 3 aliphatic rings. The first-order chi connectivity index (χ1) is 12.3. The molecule has 0 radical (unpaired) electrons. The molecule has 0 saturated carbocycles. The molecule has 2 saturated heterocycles. The summed E-state index contributed by atoms with van der Waals surface area (Å²) in [6.45, 7) is 2.97. The predicted octanol–water partition coefficient (Wildman–Crippen LogP) is 0.0498. The largest absolute Gasteiger partial charge is 0.454 e. The molecule has 10 heteroatoms. The second-order valence-electron chi connectivity index (χ2n) is 6.93. The third-order valence-electron chi connectivity index (χ3n) is 5.15. The van der Waals surface area contributed by atoms with Crippen LogP contribution in [0.25, 0.3) is 0 Å². The molecule has 26 heavy (non-hydrogen) atoms. The van der Waals surface area contributed by atoms with Crippen molar-refractivity contribution in [3.63, 3.8) is 0 Å². The summed E-state index contributed by atoms with van der Waals surface area (Å²) in [7, 11) is -6.76. The van der Waals surface area contributed by atoms with Gasteiger partial charge in [0.05, 0.1) is 16.8 Å². The lowest BCUT2D eigenvalue weighted by atomic mass is 10.2. The first kappa shape index (κ1) is 18.0. The minimum Gasteiger partial charge on any atom is -0.454 e. The average Bonchev–Trinajstić information content (AvgIpc) is 3.21. The van der Waals surface area contributed by atoms with Gasteiger partial charge in [-0.3, -0.25) is 4.90 Å². The second-order valence-corrected chi connectivity index (χ2v) is 11.4. The maximum absolute atomic E-state index is 12.7. The van der Waals surface area contributed by atoms with E-state index in [-0.39, 0.29) is 24.7 Å². The van der Waals surface area contributed by atoms with Crippen LogP contribution >= 0.6 is 0 Å². The number of sulfone groups is 1. The Morgan fingerprint density at radius 1 is 1.08 bits per heavy atom. The lowest BCUT2D eigenvalue weighted by Crippen LogP contribution is -2.50. The first-order valence-electron chi connectivity index (χ1n) is 8.64. The lowest BCUT2D eigenvalue weighted by molar-refractivity contribution is 0.173. The summed E-state index contributed by atoms with van der Waals surface area (Å²) in [6.07, 6.45) is 0.210. The van der Waals surface area contributed by atoms with Crippen molar-refractivity contribution >= 4 is 19.9 Å². The van der Waals surface area contributed by atoms with Crippen LogP contribution in [-0.2, 0) is 26.4 Å². The topological polar surface area (TPSA) is 93.2 Å². The van der Waals surface area contributed by atoms with Gasteiger partial charge in [0.25, 0.3) is 0 Å². The van der Waals surface area contributed by atoms with E-state index in [1.165, 1.54) is 4.31 Å². The minimum atomic E-state index is -3.55. The van der Waals surface area contributed by atoms with Gasteiger partial charge < -0.3 is 9.47 Å². The zero-order valence-corrected chi connectivity index (χ0v) is 16.0. The fourth-order valence-electron chi connectivity index (χ4n) is 3.65. The van der Waals surface area contributed by atoms with Gasteiger partial charge in [-0.15, -0.1) is 0 Å². The third kappa shape index (κ3) is 3.55. The van der Waals surface area contributed by atoms with Gasteiger partial charge in [-0.2, -0.15) is 4.31 Å². The van der Waals surface area contributed by atoms with Crippen molar-refractivity contribution in [3.05, 3.63) is 23.8 Å². The van der Waals surface area contributed by atoms with Crippen molar-refractivity contribution in [2.24, 2.45) is 0 Å². The molecule has 1 atom stereocenters. The predicted molar refractivity (Wildman–Crippen MR) is 95.4 cm³/mol. The molecule has 0 aliphatic carbocycles. The Bertz CT molecular complexity index is 891. The Morgan fingerprint density at radius 2 is 1.81 bits per heavy atom. The lowest BCUT2D eigenvalue weighted by Gasteiger charge is -2.35. The highest BCUT2D eigenvalue weighted by molar-refractivity contribution is 7.95. The van der Waals surface area contributed by atoms with Crippen molar-refractivity contribution in [2.45, 2.75) is 18.2 Å². The third-order valence-corrected chi connectivity index (χ3v) is 9.45. The van der Waals surface area contributed by atoms with Gasteiger partial charge in [-0.25, -0.2) is 16.8 Å². The molecule has 0 amide bonds. The molecular weight excluding hydrogens is 380 g/mol. The fourth-order valence-corrected chi connectivity index (χ4v) is 8.16. The van der Waals surface area contributed by atoms with Crippen LogP contribution in [0.5, 0.6) is 11.5 Å². The number of ether oxygens (including phenoxy) is 2. The fraction of sp³-hybridized carbons (Fsp3) is 0.625. The SMILES string of the molecule is O=S1(=O)CC[C@@H](S(=O)(=O)N2CCN(Cc3ccc4c(c3)OCO4)CC2)C1. The maximum atomic E-state index is 12.7. The minimum absolute atomic E-state index is 0.0268. The quantitative estimate of drug-likeness (QED) is 0.702. The molecule has 0 N–H and O–H groups in total. The van der Waals surface area contributed by atoms with Gasteiger partial charge in [-0.1, -0.05) is 6.07 Å². The summed E-state index contributed by atoms with van der Waals surface area (Å²) in [5.41, 5.74) is 1.09. The van der Waals surface area contributed by atoms with Crippen LogP contribution in [0.4, 0.5) is 0 Å². The molecule has 1 aromatic rings. The molecule has 0 unspecified atom stereocenters. The zero-order valence-electron chi connectivity index (χ0n) is 14.3. The Balaban J connectivity index is 1.35. The van der Waals surface area contributed by atoms with Crippen molar-refractivity contribution in [1.29, 1.82) is 0 Å². The normalized spacial score (nSPS) is 26.2. The van der Waals surface area contributed by atoms with Gasteiger partial charge in [0, 0.05) is 32.7 Å². The van der Waals surface area contributed by atoms with E-state index in [9.17, 15) is 16.8 Å². The van der Waals surface area contributed by atoms with Gasteiger partial charge in [0.2, 0.25) is 16.8 Å². The van der Waals surface area contributed by atoms with Gasteiger partial charge in [0.1, 0.15) is 0 Å². The van der Waals surface area contributed by atoms with Crippen LogP contribution in [0.2, 0.25) is 0 Å². The number of piperazine rings is 1. The molecule has 144 valence electrons. The molecule has 0 bridgehead atoms. The van der Waals surface area contributed by atoms with E-state index in [0.717, 1.165) is 17.1 Å². The summed E-state index contributed by atoms with van der Waals surface area (Å²) in [4.78, 5) is 2.19. The summed E-state index contributed by atoms with van der Waals surface area (Å²) < 4.78 is 60.7. The van der Waals surface area contributed by atoms with E-state index in [0.29, 0.717) is 32.7 Å².